The van der Waals surface area contributed by atoms with Crippen molar-refractivity contribution in [1.82, 2.24) is 15.5 Å². The molecule has 1 aliphatic heterocycles. The number of nitrogens with zero attached hydrogens (tertiary/aromatic N) is 1. The first-order chi connectivity index (χ1) is 11.1. The number of nitrogens with one attached hydrogen (secondary N) is 2. The Morgan fingerprint density at radius 3 is 3.09 bits per heavy atom. The van der Waals surface area contributed by atoms with Crippen molar-refractivity contribution in [2.75, 3.05) is 26.2 Å². The van der Waals surface area contributed by atoms with Crippen molar-refractivity contribution in [1.29, 1.82) is 0 Å². The second kappa shape index (κ2) is 9.19. The standard InChI is InChI=1S/C16H25N3O4/c1-13(20)18-14-5-2-8-19(11-14)16(21)17-7-4-9-22-12-15-6-3-10-23-15/h3,6,10,14H,2,4-5,7-9,11-12H2,1H3,(H,17,21)(H,18,20)/t14-/m1/s1. The van der Waals surface area contributed by atoms with Gasteiger partial charge in [-0.05, 0) is 31.4 Å². The van der Waals surface area contributed by atoms with Gasteiger partial charge in [-0.3, -0.25) is 4.79 Å². The summed E-state index contributed by atoms with van der Waals surface area (Å²) in [5.41, 5.74) is 0. The van der Waals surface area contributed by atoms with Gasteiger partial charge in [0.05, 0.1) is 6.26 Å². The summed E-state index contributed by atoms with van der Waals surface area (Å²) in [6.45, 7) is 4.39. The fourth-order valence-corrected chi connectivity index (χ4v) is 2.62. The fraction of sp³-hybridized carbons (Fsp3) is 0.625. The highest BCUT2D eigenvalue weighted by Gasteiger charge is 2.23. The molecule has 0 unspecified atom stereocenters. The van der Waals surface area contributed by atoms with Crippen LogP contribution in [0.1, 0.15) is 31.9 Å². The van der Waals surface area contributed by atoms with Gasteiger partial charge in [0.2, 0.25) is 5.91 Å². The van der Waals surface area contributed by atoms with Crippen LogP contribution in [0.15, 0.2) is 22.8 Å². The number of carbonyl (C=O) groups excluding carboxylic acids is 2. The van der Waals surface area contributed by atoms with E-state index in [1.807, 2.05) is 12.1 Å². The average Bonchev–Trinajstić information content (AvgIpc) is 3.03. The second-order valence-electron chi connectivity index (χ2n) is 5.70. The Kier molecular flexibility index (Phi) is 6.93. The van der Waals surface area contributed by atoms with Crippen LogP contribution >= 0.6 is 0 Å². The molecule has 23 heavy (non-hydrogen) atoms. The van der Waals surface area contributed by atoms with Gasteiger partial charge in [-0.15, -0.1) is 0 Å². The first kappa shape index (κ1) is 17.3. The molecule has 1 fully saturated rings. The lowest BCUT2D eigenvalue weighted by Crippen LogP contribution is -2.52. The number of piperidine rings is 1. The lowest BCUT2D eigenvalue weighted by atomic mass is 10.1. The molecule has 0 bridgehead atoms. The molecular formula is C16H25N3O4. The number of ether oxygens (including phenoxy) is 1. The summed E-state index contributed by atoms with van der Waals surface area (Å²) in [5.74, 6) is 0.748. The van der Waals surface area contributed by atoms with Crippen LogP contribution in [0.5, 0.6) is 0 Å². The smallest absolute Gasteiger partial charge is 0.317 e. The Morgan fingerprint density at radius 1 is 1.48 bits per heavy atom. The molecule has 2 N–H and O–H groups in total. The highest BCUT2D eigenvalue weighted by Crippen LogP contribution is 2.10. The van der Waals surface area contributed by atoms with Crippen molar-refractivity contribution >= 4 is 11.9 Å². The molecular weight excluding hydrogens is 298 g/mol. The predicted octanol–water partition coefficient (Wildman–Crippen LogP) is 1.50. The summed E-state index contributed by atoms with van der Waals surface area (Å²) in [5, 5.41) is 5.77. The van der Waals surface area contributed by atoms with E-state index in [0.29, 0.717) is 26.3 Å². The van der Waals surface area contributed by atoms with Gasteiger partial charge in [-0.2, -0.15) is 0 Å². The maximum Gasteiger partial charge on any atom is 0.317 e. The molecule has 7 heteroatoms. The van der Waals surface area contributed by atoms with E-state index in [2.05, 4.69) is 10.6 Å². The van der Waals surface area contributed by atoms with Crippen molar-refractivity contribution in [2.45, 2.75) is 38.8 Å². The minimum absolute atomic E-state index is 0.0500. The lowest BCUT2D eigenvalue weighted by molar-refractivity contribution is -0.119. The maximum absolute atomic E-state index is 12.1. The molecule has 0 aromatic carbocycles. The SMILES string of the molecule is CC(=O)N[C@@H]1CCCN(C(=O)NCCCOCc2ccco2)C1. The average molecular weight is 323 g/mol. The highest BCUT2D eigenvalue weighted by atomic mass is 16.5. The van der Waals surface area contributed by atoms with Crippen LogP contribution in [0.3, 0.4) is 0 Å². The van der Waals surface area contributed by atoms with Crippen LogP contribution in [0.2, 0.25) is 0 Å². The van der Waals surface area contributed by atoms with Crippen LogP contribution in [0.25, 0.3) is 0 Å². The van der Waals surface area contributed by atoms with Gasteiger partial charge in [0, 0.05) is 39.2 Å². The number of likely N-dealkylation sites (tertiary alicyclic amines) is 1. The van der Waals surface area contributed by atoms with E-state index < -0.39 is 0 Å². The Morgan fingerprint density at radius 2 is 2.35 bits per heavy atom. The van der Waals surface area contributed by atoms with E-state index in [9.17, 15) is 9.59 Å². The number of hydrogen-bond acceptors (Lipinski definition) is 4. The molecule has 7 nitrogen and oxygen atoms in total. The number of urea groups is 1. The first-order valence-electron chi connectivity index (χ1n) is 8.05. The third kappa shape index (κ3) is 6.32. The van der Waals surface area contributed by atoms with Gasteiger partial charge < -0.3 is 24.7 Å². The van der Waals surface area contributed by atoms with Crippen LogP contribution < -0.4 is 10.6 Å². The number of hydrogen-bond donors (Lipinski definition) is 2. The van der Waals surface area contributed by atoms with Crippen molar-refractivity contribution in [3.05, 3.63) is 24.2 Å². The van der Waals surface area contributed by atoms with E-state index in [4.69, 9.17) is 9.15 Å². The summed E-state index contributed by atoms with van der Waals surface area (Å²) in [4.78, 5) is 24.9. The van der Waals surface area contributed by atoms with E-state index >= 15 is 0 Å². The number of carbonyl (C=O) groups is 2. The van der Waals surface area contributed by atoms with Crippen molar-refractivity contribution < 1.29 is 18.7 Å². The number of furan rings is 1. The molecule has 1 saturated heterocycles. The molecule has 2 heterocycles. The number of rotatable bonds is 7. The molecule has 0 spiro atoms. The molecule has 1 aliphatic rings. The Bertz CT molecular complexity index is 490. The zero-order chi connectivity index (χ0) is 16.5. The van der Waals surface area contributed by atoms with Crippen LogP contribution in [0.4, 0.5) is 4.79 Å². The Balaban J connectivity index is 1.56. The largest absolute Gasteiger partial charge is 0.467 e. The molecule has 128 valence electrons. The summed E-state index contributed by atoms with van der Waals surface area (Å²) in [6, 6.07) is 3.67. The molecule has 0 saturated carbocycles. The summed E-state index contributed by atoms with van der Waals surface area (Å²) in [6.07, 6.45) is 4.19. The molecule has 0 radical (unpaired) electrons. The van der Waals surface area contributed by atoms with E-state index in [0.717, 1.165) is 31.6 Å². The maximum atomic E-state index is 12.1. The van der Waals surface area contributed by atoms with Gasteiger partial charge in [0.25, 0.3) is 0 Å². The van der Waals surface area contributed by atoms with Crippen LogP contribution in [-0.2, 0) is 16.1 Å². The predicted molar refractivity (Wildman–Crippen MR) is 84.8 cm³/mol. The van der Waals surface area contributed by atoms with Crippen molar-refractivity contribution in [3.63, 3.8) is 0 Å². The van der Waals surface area contributed by atoms with Gasteiger partial charge in [0.1, 0.15) is 12.4 Å². The number of amides is 3. The zero-order valence-corrected chi connectivity index (χ0v) is 13.5. The zero-order valence-electron chi connectivity index (χ0n) is 13.5. The molecule has 1 aromatic heterocycles. The third-order valence-corrected chi connectivity index (χ3v) is 3.68. The fourth-order valence-electron chi connectivity index (χ4n) is 2.62. The van der Waals surface area contributed by atoms with Crippen LogP contribution in [0, 0.1) is 0 Å². The first-order valence-corrected chi connectivity index (χ1v) is 8.05. The minimum atomic E-state index is -0.0777. The normalized spacial score (nSPS) is 17.8. The summed E-state index contributed by atoms with van der Waals surface area (Å²) >= 11 is 0. The molecule has 1 atom stereocenters. The highest BCUT2D eigenvalue weighted by molar-refractivity contribution is 5.75. The Labute approximate surface area is 136 Å². The van der Waals surface area contributed by atoms with Crippen LogP contribution in [-0.4, -0.2) is 49.1 Å². The summed E-state index contributed by atoms with van der Waals surface area (Å²) < 4.78 is 10.6. The second-order valence-corrected chi connectivity index (χ2v) is 5.70. The topological polar surface area (TPSA) is 83.8 Å². The van der Waals surface area contributed by atoms with Gasteiger partial charge >= 0.3 is 6.03 Å². The van der Waals surface area contributed by atoms with Gasteiger partial charge in [0.15, 0.2) is 0 Å². The quantitative estimate of drug-likeness (QED) is 0.745. The molecule has 3 amide bonds. The summed E-state index contributed by atoms with van der Waals surface area (Å²) in [7, 11) is 0. The van der Waals surface area contributed by atoms with E-state index in [-0.39, 0.29) is 18.0 Å². The van der Waals surface area contributed by atoms with E-state index in [1.165, 1.54) is 6.92 Å². The minimum Gasteiger partial charge on any atom is -0.467 e. The molecule has 1 aromatic rings. The monoisotopic (exact) mass is 323 g/mol. The van der Waals surface area contributed by atoms with Crippen molar-refractivity contribution in [3.8, 4) is 0 Å². The molecule has 0 aliphatic carbocycles. The third-order valence-electron chi connectivity index (χ3n) is 3.68. The van der Waals surface area contributed by atoms with Gasteiger partial charge in [-0.1, -0.05) is 0 Å². The Hall–Kier alpha value is -2.02. The molecule has 2 rings (SSSR count). The van der Waals surface area contributed by atoms with Crippen molar-refractivity contribution in [2.24, 2.45) is 0 Å². The lowest BCUT2D eigenvalue weighted by Gasteiger charge is -2.33. The van der Waals surface area contributed by atoms with Gasteiger partial charge in [-0.25, -0.2) is 4.79 Å². The van der Waals surface area contributed by atoms with E-state index in [1.54, 1.807) is 11.2 Å².